The van der Waals surface area contributed by atoms with E-state index in [1.54, 1.807) is 6.20 Å². The Balaban J connectivity index is 2.01. The summed E-state index contributed by atoms with van der Waals surface area (Å²) in [5, 5.41) is 4.15. The molecule has 2 N–H and O–H groups in total. The minimum absolute atomic E-state index is 0.139. The summed E-state index contributed by atoms with van der Waals surface area (Å²) in [6, 6.07) is 6.26. The fourth-order valence-corrected chi connectivity index (χ4v) is 3.65. The van der Waals surface area contributed by atoms with E-state index >= 15 is 0 Å². The lowest BCUT2D eigenvalue weighted by Crippen LogP contribution is -2.17. The van der Waals surface area contributed by atoms with Gasteiger partial charge in [-0.1, -0.05) is 0 Å². The van der Waals surface area contributed by atoms with Gasteiger partial charge < -0.3 is 10.5 Å². The van der Waals surface area contributed by atoms with Gasteiger partial charge in [0.15, 0.2) is 0 Å². The fraction of sp³-hybridized carbons (Fsp3) is 0.400. The van der Waals surface area contributed by atoms with Crippen molar-refractivity contribution in [2.24, 2.45) is 12.8 Å². The number of benzene rings is 1. The summed E-state index contributed by atoms with van der Waals surface area (Å²) < 4.78 is 9.63. The molecule has 1 atom stereocenters. The van der Waals surface area contributed by atoms with E-state index in [1.807, 2.05) is 24.7 Å². The SMILES string of the molecule is CC(N)Cc1cc(Br)c(OCCc2ccnn2C)c(Br)c1. The first-order chi connectivity index (χ1) is 9.97. The fourth-order valence-electron chi connectivity index (χ4n) is 2.14. The largest absolute Gasteiger partial charge is 0.491 e. The van der Waals surface area contributed by atoms with Crippen LogP contribution in [0.15, 0.2) is 33.3 Å². The number of hydrogen-bond donors (Lipinski definition) is 1. The number of aromatic nitrogens is 2. The van der Waals surface area contributed by atoms with E-state index in [0.29, 0.717) is 6.61 Å². The highest BCUT2D eigenvalue weighted by atomic mass is 79.9. The highest BCUT2D eigenvalue weighted by Gasteiger charge is 2.10. The molecule has 2 rings (SSSR count). The summed E-state index contributed by atoms with van der Waals surface area (Å²) >= 11 is 7.14. The molecule has 1 aromatic carbocycles. The summed E-state index contributed by atoms with van der Waals surface area (Å²) in [7, 11) is 1.93. The molecule has 0 saturated heterocycles. The Labute approximate surface area is 141 Å². The molecule has 0 radical (unpaired) electrons. The molecule has 4 nitrogen and oxygen atoms in total. The monoisotopic (exact) mass is 415 g/mol. The maximum absolute atomic E-state index is 5.89. The molecule has 0 aliphatic rings. The van der Waals surface area contributed by atoms with Gasteiger partial charge in [0.1, 0.15) is 5.75 Å². The van der Waals surface area contributed by atoms with Crippen LogP contribution in [0, 0.1) is 0 Å². The van der Waals surface area contributed by atoms with Gasteiger partial charge in [0.2, 0.25) is 0 Å². The molecular weight excluding hydrogens is 398 g/mol. The Bertz CT molecular complexity index is 588. The van der Waals surface area contributed by atoms with Gasteiger partial charge in [0, 0.05) is 31.4 Å². The molecule has 0 fully saturated rings. The lowest BCUT2D eigenvalue weighted by atomic mass is 10.1. The van der Waals surface area contributed by atoms with Gasteiger partial charge in [-0.15, -0.1) is 0 Å². The first kappa shape index (κ1) is 16.5. The molecule has 0 aliphatic carbocycles. The molecule has 0 aliphatic heterocycles. The van der Waals surface area contributed by atoms with E-state index < -0.39 is 0 Å². The average molecular weight is 417 g/mol. The number of ether oxygens (including phenoxy) is 1. The van der Waals surface area contributed by atoms with Crippen molar-refractivity contribution in [1.82, 2.24) is 9.78 Å². The van der Waals surface area contributed by atoms with Gasteiger partial charge in [0.25, 0.3) is 0 Å². The van der Waals surface area contributed by atoms with Crippen LogP contribution in [0.2, 0.25) is 0 Å². The van der Waals surface area contributed by atoms with Crippen LogP contribution in [-0.4, -0.2) is 22.4 Å². The van der Waals surface area contributed by atoms with Crippen molar-refractivity contribution >= 4 is 31.9 Å². The number of hydrogen-bond acceptors (Lipinski definition) is 3. The smallest absolute Gasteiger partial charge is 0.147 e. The number of halogens is 2. The Kier molecular flexibility index (Phi) is 5.84. The van der Waals surface area contributed by atoms with Crippen LogP contribution < -0.4 is 10.5 Å². The lowest BCUT2D eigenvalue weighted by molar-refractivity contribution is 0.314. The maximum atomic E-state index is 5.89. The molecular formula is C15H19Br2N3O. The molecule has 1 unspecified atom stereocenters. The van der Waals surface area contributed by atoms with Crippen molar-refractivity contribution < 1.29 is 4.74 Å². The molecule has 1 aromatic heterocycles. The van der Waals surface area contributed by atoms with Crippen LogP contribution in [0.25, 0.3) is 0 Å². The summed E-state index contributed by atoms with van der Waals surface area (Å²) in [5.74, 6) is 0.825. The second-order valence-electron chi connectivity index (χ2n) is 5.11. The average Bonchev–Trinajstić information content (AvgIpc) is 2.77. The first-order valence-electron chi connectivity index (χ1n) is 6.80. The third-order valence-corrected chi connectivity index (χ3v) is 4.32. The summed E-state index contributed by atoms with van der Waals surface area (Å²) in [6.45, 7) is 2.60. The lowest BCUT2D eigenvalue weighted by Gasteiger charge is -2.13. The third-order valence-electron chi connectivity index (χ3n) is 3.14. The normalized spacial score (nSPS) is 12.4. The van der Waals surface area contributed by atoms with Crippen molar-refractivity contribution in [2.75, 3.05) is 6.61 Å². The predicted molar refractivity (Wildman–Crippen MR) is 91.6 cm³/mol. The van der Waals surface area contributed by atoms with Crippen LogP contribution in [-0.2, 0) is 19.9 Å². The first-order valence-corrected chi connectivity index (χ1v) is 8.39. The van der Waals surface area contributed by atoms with E-state index in [2.05, 4.69) is 49.1 Å². The predicted octanol–water partition coefficient (Wildman–Crippen LogP) is 3.46. The molecule has 0 bridgehead atoms. The van der Waals surface area contributed by atoms with Crippen molar-refractivity contribution in [1.29, 1.82) is 0 Å². The summed E-state index contributed by atoms with van der Waals surface area (Å²) in [4.78, 5) is 0. The van der Waals surface area contributed by atoms with Gasteiger partial charge >= 0.3 is 0 Å². The molecule has 0 amide bonds. The van der Waals surface area contributed by atoms with Crippen LogP contribution in [0.3, 0.4) is 0 Å². The highest BCUT2D eigenvalue weighted by molar-refractivity contribution is 9.11. The topological polar surface area (TPSA) is 53.1 Å². The molecule has 114 valence electrons. The molecule has 1 heterocycles. The van der Waals surface area contributed by atoms with Gasteiger partial charge in [-0.25, -0.2) is 0 Å². The molecule has 21 heavy (non-hydrogen) atoms. The zero-order valence-corrected chi connectivity index (χ0v) is 15.3. The second-order valence-corrected chi connectivity index (χ2v) is 6.82. The third kappa shape index (κ3) is 4.56. The van der Waals surface area contributed by atoms with E-state index in [1.165, 1.54) is 5.56 Å². The molecule has 2 aromatic rings. The zero-order valence-electron chi connectivity index (χ0n) is 12.1. The summed E-state index contributed by atoms with van der Waals surface area (Å²) in [6.07, 6.45) is 3.45. The van der Waals surface area contributed by atoms with E-state index in [4.69, 9.17) is 10.5 Å². The molecule has 0 saturated carbocycles. The Morgan fingerprint density at radius 3 is 2.52 bits per heavy atom. The van der Waals surface area contributed by atoms with Gasteiger partial charge in [-0.3, -0.25) is 4.68 Å². The minimum Gasteiger partial charge on any atom is -0.491 e. The van der Waals surface area contributed by atoms with Gasteiger partial charge in [-0.2, -0.15) is 5.10 Å². The highest BCUT2D eigenvalue weighted by Crippen LogP contribution is 2.35. The number of rotatable bonds is 6. The number of aryl methyl sites for hydroxylation is 1. The van der Waals surface area contributed by atoms with E-state index in [9.17, 15) is 0 Å². The molecule has 6 heteroatoms. The minimum atomic E-state index is 0.139. The van der Waals surface area contributed by atoms with Crippen LogP contribution in [0.5, 0.6) is 5.75 Å². The van der Waals surface area contributed by atoms with Crippen molar-refractivity contribution in [3.05, 3.63) is 44.6 Å². The Morgan fingerprint density at radius 1 is 1.33 bits per heavy atom. The van der Waals surface area contributed by atoms with E-state index in [-0.39, 0.29) is 6.04 Å². The van der Waals surface area contributed by atoms with Crippen molar-refractivity contribution in [2.45, 2.75) is 25.8 Å². The van der Waals surface area contributed by atoms with Crippen LogP contribution >= 0.6 is 31.9 Å². The molecule has 0 spiro atoms. The quantitative estimate of drug-likeness (QED) is 0.784. The zero-order chi connectivity index (χ0) is 15.4. The van der Waals surface area contributed by atoms with Gasteiger partial charge in [-0.05, 0) is 69.0 Å². The van der Waals surface area contributed by atoms with Crippen molar-refractivity contribution in [3.63, 3.8) is 0 Å². The number of nitrogens with zero attached hydrogens (tertiary/aromatic N) is 2. The van der Waals surface area contributed by atoms with Crippen molar-refractivity contribution in [3.8, 4) is 5.75 Å². The van der Waals surface area contributed by atoms with Crippen LogP contribution in [0.1, 0.15) is 18.2 Å². The number of nitrogens with two attached hydrogens (primary N) is 1. The Morgan fingerprint density at radius 2 is 2.00 bits per heavy atom. The van der Waals surface area contributed by atoms with Gasteiger partial charge in [0.05, 0.1) is 15.6 Å². The second kappa shape index (κ2) is 7.42. The van der Waals surface area contributed by atoms with Crippen LogP contribution in [0.4, 0.5) is 0 Å². The van der Waals surface area contributed by atoms with E-state index in [0.717, 1.165) is 33.2 Å². The Hall–Kier alpha value is -0.850. The maximum Gasteiger partial charge on any atom is 0.147 e. The summed E-state index contributed by atoms with van der Waals surface area (Å²) in [5.41, 5.74) is 8.17. The standard InChI is InChI=1S/C15H19Br2N3O/c1-10(18)7-11-8-13(16)15(14(17)9-11)21-6-4-12-3-5-19-20(12)2/h3,5,8-10H,4,6-7,18H2,1-2H3.